The highest BCUT2D eigenvalue weighted by Gasteiger charge is 2.12. The number of anilines is 1. The van der Waals surface area contributed by atoms with E-state index in [-0.39, 0.29) is 0 Å². The van der Waals surface area contributed by atoms with Crippen molar-refractivity contribution in [2.75, 3.05) is 11.9 Å². The minimum atomic E-state index is 0.493. The number of nitrogens with zero attached hydrogens (tertiary/aromatic N) is 2. The van der Waals surface area contributed by atoms with Crippen LogP contribution < -0.4 is 10.1 Å². The van der Waals surface area contributed by atoms with E-state index in [1.807, 2.05) is 6.07 Å². The average molecular weight is 273 g/mol. The topological polar surface area (TPSA) is 60.2 Å². The van der Waals surface area contributed by atoms with Crippen LogP contribution in [0.1, 0.15) is 36.8 Å². The van der Waals surface area contributed by atoms with Crippen molar-refractivity contribution < 1.29 is 9.15 Å². The van der Waals surface area contributed by atoms with E-state index < -0.39 is 0 Å². The normalized spacial score (nSPS) is 13.1. The molecule has 0 bridgehead atoms. The van der Waals surface area contributed by atoms with Crippen molar-refractivity contribution >= 4 is 6.01 Å². The summed E-state index contributed by atoms with van der Waals surface area (Å²) < 4.78 is 11.0. The van der Waals surface area contributed by atoms with Crippen molar-refractivity contribution in [2.24, 2.45) is 0 Å². The first-order chi connectivity index (χ1) is 9.85. The molecule has 3 rings (SSSR count). The molecular formula is C15H19N3O2. The van der Waals surface area contributed by atoms with E-state index in [1.165, 1.54) is 11.1 Å². The largest absolute Gasteiger partial charge is 0.493 e. The van der Waals surface area contributed by atoms with Gasteiger partial charge < -0.3 is 14.5 Å². The molecule has 0 unspecified atom stereocenters. The number of rotatable bonds is 6. The van der Waals surface area contributed by atoms with Crippen LogP contribution >= 0.6 is 0 Å². The summed E-state index contributed by atoms with van der Waals surface area (Å²) in [4.78, 5) is 0. The van der Waals surface area contributed by atoms with Gasteiger partial charge in [0.15, 0.2) is 0 Å². The van der Waals surface area contributed by atoms with Gasteiger partial charge in [0.2, 0.25) is 5.89 Å². The summed E-state index contributed by atoms with van der Waals surface area (Å²) in [5.41, 5.74) is 2.47. The van der Waals surface area contributed by atoms with Crippen molar-refractivity contribution in [1.82, 2.24) is 10.2 Å². The molecule has 1 N–H and O–H groups in total. The van der Waals surface area contributed by atoms with Gasteiger partial charge in [0.05, 0.1) is 6.61 Å². The van der Waals surface area contributed by atoms with Crippen LogP contribution in [-0.4, -0.2) is 16.8 Å². The zero-order valence-corrected chi connectivity index (χ0v) is 11.7. The van der Waals surface area contributed by atoms with Crippen LogP contribution in [0.3, 0.4) is 0 Å². The molecule has 2 aromatic rings. The van der Waals surface area contributed by atoms with Crippen LogP contribution in [0.4, 0.5) is 6.01 Å². The van der Waals surface area contributed by atoms with Gasteiger partial charge in [-0.3, -0.25) is 0 Å². The van der Waals surface area contributed by atoms with Gasteiger partial charge >= 0.3 is 6.01 Å². The van der Waals surface area contributed by atoms with Crippen molar-refractivity contribution in [1.29, 1.82) is 0 Å². The highest BCUT2D eigenvalue weighted by atomic mass is 16.5. The maximum absolute atomic E-state index is 5.54. The van der Waals surface area contributed by atoms with Gasteiger partial charge in [0, 0.05) is 19.4 Å². The molecule has 5 nitrogen and oxygen atoms in total. The molecule has 1 aliphatic rings. The number of hydrogen-bond acceptors (Lipinski definition) is 5. The molecule has 0 atom stereocenters. The van der Waals surface area contributed by atoms with Gasteiger partial charge in [-0.1, -0.05) is 30.6 Å². The second-order valence-corrected chi connectivity index (χ2v) is 5.00. The molecule has 0 spiro atoms. The number of aromatic nitrogens is 2. The van der Waals surface area contributed by atoms with E-state index in [9.17, 15) is 0 Å². The third-order valence-electron chi connectivity index (χ3n) is 3.41. The monoisotopic (exact) mass is 273 g/mol. The molecule has 0 fully saturated rings. The summed E-state index contributed by atoms with van der Waals surface area (Å²) in [6.45, 7) is 3.62. The molecule has 1 aliphatic heterocycles. The number of unbranched alkanes of at least 4 members (excludes halogenated alkanes) is 1. The first-order valence-electron chi connectivity index (χ1n) is 7.16. The Morgan fingerprint density at radius 1 is 1.30 bits per heavy atom. The fraction of sp³-hybridized carbons (Fsp3) is 0.467. The number of fused-ring (bicyclic) bond motifs is 1. The molecule has 0 saturated heterocycles. The maximum atomic E-state index is 5.54. The van der Waals surface area contributed by atoms with Crippen molar-refractivity contribution in [3.05, 3.63) is 35.2 Å². The number of hydrogen-bond donors (Lipinski definition) is 1. The summed E-state index contributed by atoms with van der Waals surface area (Å²) in [7, 11) is 0. The first kappa shape index (κ1) is 13.0. The highest BCUT2D eigenvalue weighted by molar-refractivity contribution is 5.40. The van der Waals surface area contributed by atoms with Gasteiger partial charge in [-0.2, -0.15) is 0 Å². The Bertz CT molecular complexity index is 580. The van der Waals surface area contributed by atoms with E-state index in [2.05, 4.69) is 34.6 Å². The van der Waals surface area contributed by atoms with Gasteiger partial charge in [-0.15, -0.1) is 5.10 Å². The zero-order valence-electron chi connectivity index (χ0n) is 11.7. The van der Waals surface area contributed by atoms with E-state index in [0.717, 1.165) is 38.0 Å². The van der Waals surface area contributed by atoms with Crippen LogP contribution in [0.25, 0.3) is 0 Å². The minimum absolute atomic E-state index is 0.493. The lowest BCUT2D eigenvalue weighted by Gasteiger charge is -2.04. The second-order valence-electron chi connectivity index (χ2n) is 5.00. The third-order valence-corrected chi connectivity index (χ3v) is 3.41. The Labute approximate surface area is 118 Å². The average Bonchev–Trinajstić information content (AvgIpc) is 3.11. The van der Waals surface area contributed by atoms with Crippen LogP contribution in [0.5, 0.6) is 5.75 Å². The maximum Gasteiger partial charge on any atom is 0.315 e. The molecule has 0 saturated carbocycles. The van der Waals surface area contributed by atoms with Crippen molar-refractivity contribution in [2.45, 2.75) is 39.2 Å². The first-order valence-corrected chi connectivity index (χ1v) is 7.16. The van der Waals surface area contributed by atoms with Crippen LogP contribution in [0.15, 0.2) is 22.6 Å². The molecule has 106 valence electrons. The molecule has 1 aromatic heterocycles. The predicted octanol–water partition coefficient (Wildman–Crippen LogP) is 2.96. The minimum Gasteiger partial charge on any atom is -0.493 e. The van der Waals surface area contributed by atoms with Crippen LogP contribution in [-0.2, 0) is 19.4 Å². The van der Waals surface area contributed by atoms with Gasteiger partial charge in [-0.05, 0) is 23.6 Å². The van der Waals surface area contributed by atoms with E-state index in [1.54, 1.807) is 0 Å². The number of ether oxygens (including phenoxy) is 1. The lowest BCUT2D eigenvalue weighted by atomic mass is 10.1. The molecule has 0 aliphatic carbocycles. The van der Waals surface area contributed by atoms with Gasteiger partial charge in [0.1, 0.15) is 5.75 Å². The lowest BCUT2D eigenvalue weighted by molar-refractivity contribution is 0.357. The van der Waals surface area contributed by atoms with E-state index in [0.29, 0.717) is 18.5 Å². The number of benzene rings is 1. The summed E-state index contributed by atoms with van der Waals surface area (Å²) in [6.07, 6.45) is 4.04. The van der Waals surface area contributed by atoms with Crippen molar-refractivity contribution in [3.63, 3.8) is 0 Å². The molecule has 1 aromatic carbocycles. The quantitative estimate of drug-likeness (QED) is 0.876. The third kappa shape index (κ3) is 2.92. The summed E-state index contributed by atoms with van der Waals surface area (Å²) >= 11 is 0. The van der Waals surface area contributed by atoms with E-state index in [4.69, 9.17) is 9.15 Å². The lowest BCUT2D eigenvalue weighted by Crippen LogP contribution is -1.99. The Morgan fingerprint density at radius 2 is 2.25 bits per heavy atom. The summed E-state index contributed by atoms with van der Waals surface area (Å²) in [6, 6.07) is 6.75. The molecule has 5 heteroatoms. The van der Waals surface area contributed by atoms with Crippen LogP contribution in [0, 0.1) is 0 Å². The Hall–Kier alpha value is -2.04. The standard InChI is InChI=1S/C15H19N3O2/c1-2-3-4-14-17-18-15(20-14)16-10-11-5-6-13-12(9-11)7-8-19-13/h5-6,9H,2-4,7-8,10H2,1H3,(H,16,18). The van der Waals surface area contributed by atoms with Crippen molar-refractivity contribution in [3.8, 4) is 5.75 Å². The smallest absolute Gasteiger partial charge is 0.315 e. The zero-order chi connectivity index (χ0) is 13.8. The molecule has 2 heterocycles. The van der Waals surface area contributed by atoms with Crippen LogP contribution in [0.2, 0.25) is 0 Å². The predicted molar refractivity (Wildman–Crippen MR) is 75.9 cm³/mol. The van der Waals surface area contributed by atoms with Gasteiger partial charge in [-0.25, -0.2) is 0 Å². The highest BCUT2D eigenvalue weighted by Crippen LogP contribution is 2.26. The SMILES string of the molecule is CCCCc1nnc(NCc2ccc3c(c2)CCO3)o1. The van der Waals surface area contributed by atoms with Gasteiger partial charge in [0.25, 0.3) is 0 Å². The second kappa shape index (κ2) is 5.94. The summed E-state index contributed by atoms with van der Waals surface area (Å²) in [5.74, 6) is 1.71. The Kier molecular flexibility index (Phi) is 3.85. The molecule has 20 heavy (non-hydrogen) atoms. The fourth-order valence-electron chi connectivity index (χ4n) is 2.28. The molecular weight excluding hydrogens is 254 g/mol. The Morgan fingerprint density at radius 3 is 3.15 bits per heavy atom. The number of aryl methyl sites for hydroxylation is 1. The molecule has 0 amide bonds. The number of nitrogens with one attached hydrogen (secondary N) is 1. The fourth-order valence-corrected chi connectivity index (χ4v) is 2.28. The summed E-state index contributed by atoms with van der Waals surface area (Å²) in [5, 5.41) is 11.2. The molecule has 0 radical (unpaired) electrons. The Balaban J connectivity index is 1.57. The van der Waals surface area contributed by atoms with E-state index >= 15 is 0 Å².